The second kappa shape index (κ2) is 4.91. The topological polar surface area (TPSA) is 32.3 Å². The van der Waals surface area contributed by atoms with Crippen LogP contribution in [0.1, 0.15) is 33.6 Å². The molecule has 0 unspecified atom stereocenters. The van der Waals surface area contributed by atoms with Gasteiger partial charge in [0.05, 0.1) is 4.87 Å². The Morgan fingerprint density at radius 1 is 1.57 bits per heavy atom. The van der Waals surface area contributed by atoms with E-state index in [4.69, 9.17) is 0 Å². The SMILES string of the molecule is CCCCNC(=O)N1CCSC1(C)C. The van der Waals surface area contributed by atoms with Crippen molar-refractivity contribution in [3.63, 3.8) is 0 Å². The molecular formula is C10H20N2OS. The van der Waals surface area contributed by atoms with Crippen LogP contribution in [0.25, 0.3) is 0 Å². The van der Waals surface area contributed by atoms with Crippen molar-refractivity contribution in [2.24, 2.45) is 0 Å². The number of hydrogen-bond acceptors (Lipinski definition) is 2. The maximum atomic E-state index is 11.7. The predicted molar refractivity (Wildman–Crippen MR) is 61.5 cm³/mol. The molecule has 1 N–H and O–H groups in total. The van der Waals surface area contributed by atoms with E-state index in [1.54, 1.807) is 0 Å². The van der Waals surface area contributed by atoms with Crippen LogP contribution in [0, 0.1) is 0 Å². The van der Waals surface area contributed by atoms with Crippen molar-refractivity contribution < 1.29 is 4.79 Å². The first-order valence-electron chi connectivity index (χ1n) is 5.27. The van der Waals surface area contributed by atoms with Crippen molar-refractivity contribution >= 4 is 17.8 Å². The van der Waals surface area contributed by atoms with E-state index in [0.29, 0.717) is 0 Å². The fourth-order valence-electron chi connectivity index (χ4n) is 1.55. The third kappa shape index (κ3) is 2.80. The molecule has 1 aliphatic heterocycles. The largest absolute Gasteiger partial charge is 0.338 e. The van der Waals surface area contributed by atoms with Gasteiger partial charge in [0.1, 0.15) is 0 Å². The number of unbranched alkanes of at least 4 members (excludes halogenated alkanes) is 1. The predicted octanol–water partition coefficient (Wildman–Crippen LogP) is 2.28. The molecule has 0 atom stereocenters. The highest BCUT2D eigenvalue weighted by Crippen LogP contribution is 2.34. The summed E-state index contributed by atoms with van der Waals surface area (Å²) in [6, 6.07) is 0.0912. The highest BCUT2D eigenvalue weighted by atomic mass is 32.2. The third-order valence-electron chi connectivity index (χ3n) is 2.47. The summed E-state index contributed by atoms with van der Waals surface area (Å²) >= 11 is 1.84. The lowest BCUT2D eigenvalue weighted by Gasteiger charge is -2.30. The Morgan fingerprint density at radius 3 is 2.79 bits per heavy atom. The van der Waals surface area contributed by atoms with Gasteiger partial charge in [-0.2, -0.15) is 0 Å². The van der Waals surface area contributed by atoms with Crippen LogP contribution in [-0.2, 0) is 0 Å². The number of nitrogens with one attached hydrogen (secondary N) is 1. The molecule has 1 saturated heterocycles. The highest BCUT2D eigenvalue weighted by Gasteiger charge is 2.35. The summed E-state index contributed by atoms with van der Waals surface area (Å²) in [4.78, 5) is 13.6. The molecule has 1 aliphatic rings. The summed E-state index contributed by atoms with van der Waals surface area (Å²) in [5.74, 6) is 1.05. The van der Waals surface area contributed by atoms with Gasteiger partial charge in [-0.15, -0.1) is 11.8 Å². The van der Waals surface area contributed by atoms with Crippen LogP contribution in [-0.4, -0.2) is 34.6 Å². The second-order valence-electron chi connectivity index (χ2n) is 4.03. The van der Waals surface area contributed by atoms with Crippen molar-refractivity contribution in [2.75, 3.05) is 18.8 Å². The van der Waals surface area contributed by atoms with Gasteiger partial charge in [0, 0.05) is 18.8 Å². The number of hydrogen-bond donors (Lipinski definition) is 1. The first kappa shape index (κ1) is 11.7. The lowest BCUT2D eigenvalue weighted by molar-refractivity contribution is 0.184. The number of amides is 2. The van der Waals surface area contributed by atoms with E-state index in [9.17, 15) is 4.79 Å². The number of carbonyl (C=O) groups is 1. The van der Waals surface area contributed by atoms with E-state index in [1.807, 2.05) is 16.7 Å². The van der Waals surface area contributed by atoms with E-state index in [1.165, 1.54) is 0 Å². The molecule has 0 spiro atoms. The van der Waals surface area contributed by atoms with Crippen LogP contribution in [0.4, 0.5) is 4.79 Å². The summed E-state index contributed by atoms with van der Waals surface area (Å²) in [6.45, 7) is 8.00. The van der Waals surface area contributed by atoms with Crippen molar-refractivity contribution in [2.45, 2.75) is 38.5 Å². The van der Waals surface area contributed by atoms with Crippen LogP contribution in [0.15, 0.2) is 0 Å². The van der Waals surface area contributed by atoms with Gasteiger partial charge in [0.25, 0.3) is 0 Å². The molecular weight excluding hydrogens is 196 g/mol. The Bertz CT molecular complexity index is 206. The normalized spacial score (nSPS) is 19.8. The van der Waals surface area contributed by atoms with Gasteiger partial charge in [-0.3, -0.25) is 0 Å². The maximum Gasteiger partial charge on any atom is 0.318 e. The van der Waals surface area contributed by atoms with Gasteiger partial charge in [-0.25, -0.2) is 4.79 Å². The van der Waals surface area contributed by atoms with Crippen LogP contribution >= 0.6 is 11.8 Å². The Balaban J connectivity index is 2.36. The van der Waals surface area contributed by atoms with Gasteiger partial charge < -0.3 is 10.2 Å². The molecule has 1 rings (SSSR count). The monoisotopic (exact) mass is 216 g/mol. The quantitative estimate of drug-likeness (QED) is 0.734. The van der Waals surface area contributed by atoms with Crippen LogP contribution < -0.4 is 5.32 Å². The average molecular weight is 216 g/mol. The first-order valence-corrected chi connectivity index (χ1v) is 6.26. The van der Waals surface area contributed by atoms with Gasteiger partial charge in [0.2, 0.25) is 0 Å². The zero-order chi connectivity index (χ0) is 10.6. The fraction of sp³-hybridized carbons (Fsp3) is 0.900. The summed E-state index contributed by atoms with van der Waals surface area (Å²) < 4.78 is 0. The summed E-state index contributed by atoms with van der Waals surface area (Å²) in [6.07, 6.45) is 2.19. The molecule has 0 aliphatic carbocycles. The molecule has 1 heterocycles. The van der Waals surface area contributed by atoms with E-state index in [0.717, 1.165) is 31.7 Å². The number of nitrogens with zero attached hydrogens (tertiary/aromatic N) is 1. The molecule has 82 valence electrons. The Morgan fingerprint density at radius 2 is 2.29 bits per heavy atom. The number of thioether (sulfide) groups is 1. The van der Waals surface area contributed by atoms with Crippen LogP contribution in [0.5, 0.6) is 0 Å². The van der Waals surface area contributed by atoms with E-state index in [2.05, 4.69) is 26.1 Å². The maximum absolute atomic E-state index is 11.7. The van der Waals surface area contributed by atoms with E-state index >= 15 is 0 Å². The van der Waals surface area contributed by atoms with Gasteiger partial charge in [0.15, 0.2) is 0 Å². The smallest absolute Gasteiger partial charge is 0.318 e. The number of carbonyl (C=O) groups excluding carboxylic acids is 1. The lowest BCUT2D eigenvalue weighted by Crippen LogP contribution is -2.47. The molecule has 0 aromatic heterocycles. The molecule has 0 aromatic rings. The molecule has 1 fully saturated rings. The zero-order valence-electron chi connectivity index (χ0n) is 9.30. The molecule has 0 aromatic carbocycles. The van der Waals surface area contributed by atoms with Crippen molar-refractivity contribution in [3.8, 4) is 0 Å². The van der Waals surface area contributed by atoms with Gasteiger partial charge in [-0.05, 0) is 20.3 Å². The third-order valence-corrected chi connectivity index (χ3v) is 3.79. The lowest BCUT2D eigenvalue weighted by atomic mass is 10.3. The molecule has 4 heteroatoms. The number of urea groups is 1. The van der Waals surface area contributed by atoms with Crippen LogP contribution in [0.3, 0.4) is 0 Å². The van der Waals surface area contributed by atoms with E-state index in [-0.39, 0.29) is 10.9 Å². The van der Waals surface area contributed by atoms with E-state index < -0.39 is 0 Å². The fourth-order valence-corrected chi connectivity index (χ4v) is 2.65. The first-order chi connectivity index (χ1) is 6.58. The minimum Gasteiger partial charge on any atom is -0.338 e. The number of rotatable bonds is 3. The minimum atomic E-state index is -0.0315. The van der Waals surface area contributed by atoms with Crippen molar-refractivity contribution in [1.82, 2.24) is 10.2 Å². The average Bonchev–Trinajstić information content (AvgIpc) is 2.45. The summed E-state index contributed by atoms with van der Waals surface area (Å²) in [7, 11) is 0. The molecule has 14 heavy (non-hydrogen) atoms. The molecule has 0 bridgehead atoms. The molecule has 0 saturated carbocycles. The zero-order valence-corrected chi connectivity index (χ0v) is 10.1. The summed E-state index contributed by atoms with van der Waals surface area (Å²) in [5.41, 5.74) is 0. The second-order valence-corrected chi connectivity index (χ2v) is 5.73. The van der Waals surface area contributed by atoms with Crippen molar-refractivity contribution in [1.29, 1.82) is 0 Å². The molecule has 3 nitrogen and oxygen atoms in total. The Hall–Kier alpha value is -0.380. The minimum absolute atomic E-state index is 0.0315. The van der Waals surface area contributed by atoms with Gasteiger partial charge >= 0.3 is 6.03 Å². The Kier molecular flexibility index (Phi) is 4.11. The van der Waals surface area contributed by atoms with Crippen molar-refractivity contribution in [3.05, 3.63) is 0 Å². The summed E-state index contributed by atoms with van der Waals surface area (Å²) in [5, 5.41) is 2.95. The standard InChI is InChI=1S/C10H20N2OS/c1-4-5-6-11-9(13)12-7-8-14-10(12,2)3/h4-8H2,1-3H3,(H,11,13). The highest BCUT2D eigenvalue weighted by molar-refractivity contribution is 8.00. The molecule has 2 amide bonds. The van der Waals surface area contributed by atoms with Crippen LogP contribution in [0.2, 0.25) is 0 Å². The Labute approximate surface area is 90.6 Å². The molecule has 0 radical (unpaired) electrons. The van der Waals surface area contributed by atoms with Gasteiger partial charge in [-0.1, -0.05) is 13.3 Å².